The van der Waals surface area contributed by atoms with Crippen molar-refractivity contribution < 1.29 is 14.3 Å². The van der Waals surface area contributed by atoms with Gasteiger partial charge in [-0.1, -0.05) is 0 Å². The highest BCUT2D eigenvalue weighted by Crippen LogP contribution is 2.33. The van der Waals surface area contributed by atoms with E-state index in [2.05, 4.69) is 26.7 Å². The number of carbonyl (C=O) groups excluding carboxylic acids is 2. The summed E-state index contributed by atoms with van der Waals surface area (Å²) in [6.07, 6.45) is 4.46. The number of ether oxygens (including phenoxy) is 1. The number of fused-ring (bicyclic) bond motifs is 1. The highest BCUT2D eigenvalue weighted by Gasteiger charge is 2.28. The largest absolute Gasteiger partial charge is 0.444 e. The van der Waals surface area contributed by atoms with E-state index in [1.54, 1.807) is 4.90 Å². The number of likely N-dealkylation sites (tertiary alicyclic amines) is 1. The first-order chi connectivity index (χ1) is 11.8. The van der Waals surface area contributed by atoms with Gasteiger partial charge in [-0.2, -0.15) is 0 Å². The number of rotatable bonds is 2. The van der Waals surface area contributed by atoms with Crippen molar-refractivity contribution in [2.75, 3.05) is 13.1 Å². The quantitative estimate of drug-likeness (QED) is 0.673. The Morgan fingerprint density at radius 2 is 1.96 bits per heavy atom. The van der Waals surface area contributed by atoms with Crippen molar-refractivity contribution in [1.29, 1.82) is 0 Å². The molecule has 1 aromatic carbocycles. The minimum atomic E-state index is -0.467. The number of aromatic nitrogens is 1. The van der Waals surface area contributed by atoms with Crippen molar-refractivity contribution >= 4 is 39.2 Å². The first-order valence-electron chi connectivity index (χ1n) is 8.52. The molecule has 0 bridgehead atoms. The molecule has 2 aromatic rings. The van der Waals surface area contributed by atoms with Gasteiger partial charge in [-0.3, -0.25) is 4.79 Å². The van der Waals surface area contributed by atoms with E-state index in [0.29, 0.717) is 24.7 Å². The van der Waals surface area contributed by atoms with Gasteiger partial charge in [-0.05, 0) is 67.7 Å². The molecule has 3 rings (SSSR count). The third-order valence-electron chi connectivity index (χ3n) is 4.45. The summed E-state index contributed by atoms with van der Waals surface area (Å²) in [4.78, 5) is 25.0. The molecule has 6 heteroatoms. The lowest BCUT2D eigenvalue weighted by Gasteiger charge is -2.34. The van der Waals surface area contributed by atoms with Gasteiger partial charge in [-0.15, -0.1) is 0 Å². The number of nitrogens with zero attached hydrogens (tertiary/aromatic N) is 2. The Bertz CT molecular complexity index is 799. The van der Waals surface area contributed by atoms with Crippen LogP contribution in [0.15, 0.2) is 28.9 Å². The molecule has 2 heterocycles. The number of amides is 1. The van der Waals surface area contributed by atoms with E-state index >= 15 is 0 Å². The van der Waals surface area contributed by atoms with Crippen LogP contribution < -0.4 is 0 Å². The maximum atomic E-state index is 12.2. The zero-order valence-corrected chi connectivity index (χ0v) is 16.4. The molecule has 0 atom stereocenters. The Morgan fingerprint density at radius 3 is 2.56 bits per heavy atom. The van der Waals surface area contributed by atoms with Crippen molar-refractivity contribution in [3.63, 3.8) is 0 Å². The van der Waals surface area contributed by atoms with E-state index < -0.39 is 5.60 Å². The highest BCUT2D eigenvalue weighted by atomic mass is 79.9. The smallest absolute Gasteiger partial charge is 0.410 e. The zero-order chi connectivity index (χ0) is 18.2. The molecule has 1 amide bonds. The molecule has 0 unspecified atom stereocenters. The van der Waals surface area contributed by atoms with Crippen LogP contribution in [-0.2, 0) is 4.74 Å². The lowest BCUT2D eigenvalue weighted by molar-refractivity contribution is 0.0189. The van der Waals surface area contributed by atoms with Gasteiger partial charge in [0.05, 0.1) is 0 Å². The molecule has 1 aliphatic rings. The van der Waals surface area contributed by atoms with E-state index in [9.17, 15) is 9.59 Å². The maximum Gasteiger partial charge on any atom is 0.410 e. The van der Waals surface area contributed by atoms with E-state index in [1.807, 2.05) is 39.0 Å². The standard InChI is InChI=1S/C19H23BrN2O3/c1-19(2,3)25-18(24)21-8-6-14(7-9-21)22-11-16(20)15-10-13(12-23)4-5-17(15)22/h4-5,10-12,14H,6-9H2,1-3H3. The molecule has 1 fully saturated rings. The Balaban J connectivity index is 1.74. The average Bonchev–Trinajstić information content (AvgIpc) is 2.90. The summed E-state index contributed by atoms with van der Waals surface area (Å²) in [6, 6.07) is 6.06. The molecule has 0 saturated carbocycles. The Morgan fingerprint density at radius 1 is 1.28 bits per heavy atom. The number of carbonyl (C=O) groups is 2. The summed E-state index contributed by atoms with van der Waals surface area (Å²) >= 11 is 3.59. The minimum absolute atomic E-state index is 0.236. The van der Waals surface area contributed by atoms with Crippen LogP contribution in [0.25, 0.3) is 10.9 Å². The summed E-state index contributed by atoms with van der Waals surface area (Å²) in [7, 11) is 0. The number of hydrogen-bond donors (Lipinski definition) is 0. The van der Waals surface area contributed by atoms with Crippen LogP contribution in [0.2, 0.25) is 0 Å². The van der Waals surface area contributed by atoms with Crippen LogP contribution in [-0.4, -0.2) is 40.5 Å². The van der Waals surface area contributed by atoms with Gasteiger partial charge in [0, 0.05) is 46.3 Å². The topological polar surface area (TPSA) is 51.5 Å². The Hall–Kier alpha value is -1.82. The molecule has 1 aliphatic heterocycles. The van der Waals surface area contributed by atoms with E-state index in [4.69, 9.17) is 4.74 Å². The minimum Gasteiger partial charge on any atom is -0.444 e. The number of hydrogen-bond acceptors (Lipinski definition) is 3. The fourth-order valence-corrected chi connectivity index (χ4v) is 3.80. The van der Waals surface area contributed by atoms with Crippen molar-refractivity contribution in [3.05, 3.63) is 34.4 Å². The number of aldehydes is 1. The fraction of sp³-hybridized carbons (Fsp3) is 0.474. The van der Waals surface area contributed by atoms with Crippen molar-refractivity contribution in [2.24, 2.45) is 0 Å². The third-order valence-corrected chi connectivity index (χ3v) is 5.09. The number of benzene rings is 1. The summed E-state index contributed by atoms with van der Waals surface area (Å²) in [5, 5.41) is 1.04. The molecule has 0 radical (unpaired) electrons. The monoisotopic (exact) mass is 406 g/mol. The van der Waals surface area contributed by atoms with E-state index in [1.165, 1.54) is 0 Å². The average molecular weight is 407 g/mol. The molecule has 134 valence electrons. The molecule has 0 spiro atoms. The van der Waals surface area contributed by atoms with Crippen LogP contribution >= 0.6 is 15.9 Å². The second kappa shape index (κ2) is 6.83. The number of halogens is 1. The van der Waals surface area contributed by atoms with Gasteiger partial charge in [0.25, 0.3) is 0 Å². The van der Waals surface area contributed by atoms with E-state index in [-0.39, 0.29) is 6.09 Å². The summed E-state index contributed by atoms with van der Waals surface area (Å²) in [6.45, 7) is 7.02. The van der Waals surface area contributed by atoms with Crippen LogP contribution in [0.4, 0.5) is 4.79 Å². The van der Waals surface area contributed by atoms with Crippen molar-refractivity contribution in [1.82, 2.24) is 9.47 Å². The SMILES string of the molecule is CC(C)(C)OC(=O)N1CCC(n2cc(Br)c3cc(C=O)ccc32)CC1. The fourth-order valence-electron chi connectivity index (χ4n) is 3.26. The summed E-state index contributed by atoms with van der Waals surface area (Å²) in [5.41, 5.74) is 1.31. The number of piperidine rings is 1. The first-order valence-corrected chi connectivity index (χ1v) is 9.31. The van der Waals surface area contributed by atoms with E-state index in [0.717, 1.165) is 34.5 Å². The lowest BCUT2D eigenvalue weighted by atomic mass is 10.0. The highest BCUT2D eigenvalue weighted by molar-refractivity contribution is 9.10. The predicted molar refractivity (Wildman–Crippen MR) is 101 cm³/mol. The molecular formula is C19H23BrN2O3. The summed E-state index contributed by atoms with van der Waals surface area (Å²) in [5.74, 6) is 0. The van der Waals surface area contributed by atoms with Crippen molar-refractivity contribution in [2.45, 2.75) is 45.3 Å². The van der Waals surface area contributed by atoms with Crippen LogP contribution in [0.1, 0.15) is 50.0 Å². The second-order valence-electron chi connectivity index (χ2n) is 7.48. The van der Waals surface area contributed by atoms with Gasteiger partial charge in [0.1, 0.15) is 11.9 Å². The normalized spacial score (nSPS) is 16.2. The maximum absolute atomic E-state index is 12.2. The Kier molecular flexibility index (Phi) is 4.91. The van der Waals surface area contributed by atoms with Crippen LogP contribution in [0, 0.1) is 0 Å². The first kappa shape index (κ1) is 18.0. The molecule has 1 aromatic heterocycles. The van der Waals surface area contributed by atoms with Crippen molar-refractivity contribution in [3.8, 4) is 0 Å². The molecule has 25 heavy (non-hydrogen) atoms. The zero-order valence-electron chi connectivity index (χ0n) is 14.8. The summed E-state index contributed by atoms with van der Waals surface area (Å²) < 4.78 is 8.69. The van der Waals surface area contributed by atoms with Gasteiger partial charge in [-0.25, -0.2) is 4.79 Å². The molecule has 0 N–H and O–H groups in total. The third kappa shape index (κ3) is 3.89. The second-order valence-corrected chi connectivity index (χ2v) is 8.33. The molecule has 5 nitrogen and oxygen atoms in total. The predicted octanol–water partition coefficient (Wildman–Crippen LogP) is 4.79. The van der Waals surface area contributed by atoms with Gasteiger partial charge < -0.3 is 14.2 Å². The van der Waals surface area contributed by atoms with Gasteiger partial charge in [0.15, 0.2) is 0 Å². The van der Waals surface area contributed by atoms with Gasteiger partial charge >= 0.3 is 6.09 Å². The van der Waals surface area contributed by atoms with Crippen LogP contribution in [0.5, 0.6) is 0 Å². The lowest BCUT2D eigenvalue weighted by Crippen LogP contribution is -2.42. The molecule has 0 aliphatic carbocycles. The Labute approximate surface area is 156 Å². The van der Waals surface area contributed by atoms with Gasteiger partial charge in [0.2, 0.25) is 0 Å². The van der Waals surface area contributed by atoms with Crippen LogP contribution in [0.3, 0.4) is 0 Å². The molecular weight excluding hydrogens is 384 g/mol. The molecule has 1 saturated heterocycles.